The van der Waals surface area contributed by atoms with E-state index in [2.05, 4.69) is 5.32 Å². The van der Waals surface area contributed by atoms with Gasteiger partial charge in [-0.05, 0) is 29.1 Å². The van der Waals surface area contributed by atoms with E-state index in [-0.39, 0.29) is 29.6 Å². The third-order valence-corrected chi connectivity index (χ3v) is 4.89. The summed E-state index contributed by atoms with van der Waals surface area (Å²) in [5.74, 6) is -0.741. The normalized spacial score (nSPS) is 10.3. The summed E-state index contributed by atoms with van der Waals surface area (Å²) >= 11 is 1.28. The first kappa shape index (κ1) is 20.3. The van der Waals surface area contributed by atoms with Crippen LogP contribution in [0.4, 0.5) is 10.1 Å². The summed E-state index contributed by atoms with van der Waals surface area (Å²) in [7, 11) is 2.89. The zero-order valence-electron chi connectivity index (χ0n) is 15.7. The van der Waals surface area contributed by atoms with E-state index >= 15 is 0 Å². The summed E-state index contributed by atoms with van der Waals surface area (Å²) < 4.78 is 28.9. The van der Waals surface area contributed by atoms with Crippen LogP contribution in [0.1, 0.15) is 25.6 Å². The molecule has 1 amide bonds. The maximum atomic E-state index is 13.0. The van der Waals surface area contributed by atoms with Crippen LogP contribution in [0.25, 0.3) is 0 Å². The largest absolute Gasteiger partial charge is 0.493 e. The number of ether oxygens (including phenoxy) is 3. The molecule has 0 saturated heterocycles. The van der Waals surface area contributed by atoms with E-state index in [9.17, 15) is 14.0 Å². The Hall–Kier alpha value is -3.39. The Morgan fingerprint density at radius 2 is 1.72 bits per heavy atom. The predicted molar refractivity (Wildman–Crippen MR) is 107 cm³/mol. The lowest BCUT2D eigenvalue weighted by molar-refractivity contribution is 0.0473. The van der Waals surface area contributed by atoms with Crippen LogP contribution in [0.5, 0.6) is 11.5 Å². The molecule has 150 valence electrons. The maximum absolute atomic E-state index is 13.0. The van der Waals surface area contributed by atoms with Crippen molar-refractivity contribution in [1.29, 1.82) is 0 Å². The number of nitrogens with one attached hydrogen (secondary N) is 1. The van der Waals surface area contributed by atoms with Gasteiger partial charge in [-0.2, -0.15) is 0 Å². The lowest BCUT2D eigenvalue weighted by Gasteiger charge is -2.15. The van der Waals surface area contributed by atoms with Crippen molar-refractivity contribution in [2.45, 2.75) is 6.61 Å². The monoisotopic (exact) mass is 415 g/mol. The number of esters is 1. The molecular formula is C21H18FNO5S. The highest BCUT2D eigenvalue weighted by molar-refractivity contribution is 7.12. The molecule has 6 nitrogen and oxygen atoms in total. The molecule has 8 heteroatoms. The summed E-state index contributed by atoms with van der Waals surface area (Å²) in [6.45, 7) is -0.0498. The standard InChI is InChI=1S/C21H18FNO5S/c1-26-17-10-15(21(25)28-12-13-5-7-14(22)8-6-13)16(11-18(17)27-2)23-20(24)19-4-3-9-29-19/h3-11H,12H2,1-2H3,(H,23,24). The molecule has 2 aromatic carbocycles. The Kier molecular flexibility index (Phi) is 6.46. The Bertz CT molecular complexity index is 1000. The highest BCUT2D eigenvalue weighted by Gasteiger charge is 2.20. The summed E-state index contributed by atoms with van der Waals surface area (Å²) in [6.07, 6.45) is 0. The van der Waals surface area contributed by atoms with Crippen LogP contribution in [-0.4, -0.2) is 26.1 Å². The molecule has 0 fully saturated rings. The summed E-state index contributed by atoms with van der Waals surface area (Å²) in [6, 6.07) is 12.0. The number of hydrogen-bond acceptors (Lipinski definition) is 6. The number of methoxy groups -OCH3 is 2. The number of thiophene rings is 1. The van der Waals surface area contributed by atoms with Gasteiger partial charge in [0, 0.05) is 12.1 Å². The van der Waals surface area contributed by atoms with Gasteiger partial charge in [0.15, 0.2) is 11.5 Å². The first-order chi connectivity index (χ1) is 14.0. The molecule has 1 N–H and O–H groups in total. The number of carbonyl (C=O) groups excluding carboxylic acids is 2. The van der Waals surface area contributed by atoms with Gasteiger partial charge < -0.3 is 19.5 Å². The first-order valence-electron chi connectivity index (χ1n) is 8.54. The maximum Gasteiger partial charge on any atom is 0.340 e. The lowest BCUT2D eigenvalue weighted by Crippen LogP contribution is -2.15. The van der Waals surface area contributed by atoms with E-state index in [1.807, 2.05) is 0 Å². The number of carbonyl (C=O) groups is 2. The van der Waals surface area contributed by atoms with E-state index < -0.39 is 5.97 Å². The molecule has 0 atom stereocenters. The van der Waals surface area contributed by atoms with Crippen molar-refractivity contribution in [3.05, 3.63) is 75.7 Å². The van der Waals surface area contributed by atoms with Gasteiger partial charge in [0.25, 0.3) is 5.91 Å². The smallest absolute Gasteiger partial charge is 0.340 e. The molecule has 1 aromatic heterocycles. The van der Waals surface area contributed by atoms with Crippen molar-refractivity contribution in [1.82, 2.24) is 0 Å². The quantitative estimate of drug-likeness (QED) is 0.575. The first-order valence-corrected chi connectivity index (χ1v) is 9.42. The van der Waals surface area contributed by atoms with E-state index in [4.69, 9.17) is 14.2 Å². The van der Waals surface area contributed by atoms with Gasteiger partial charge in [-0.3, -0.25) is 4.79 Å². The van der Waals surface area contributed by atoms with Crippen LogP contribution in [0, 0.1) is 5.82 Å². The summed E-state index contributed by atoms with van der Waals surface area (Å²) in [5.41, 5.74) is 0.962. The molecule has 1 heterocycles. The van der Waals surface area contributed by atoms with E-state index in [1.54, 1.807) is 17.5 Å². The molecule has 3 rings (SSSR count). The highest BCUT2D eigenvalue weighted by Crippen LogP contribution is 2.34. The third-order valence-electron chi connectivity index (χ3n) is 4.02. The second-order valence-electron chi connectivity index (χ2n) is 5.89. The molecular weight excluding hydrogens is 397 g/mol. The van der Waals surface area contributed by atoms with Crippen LogP contribution in [0.3, 0.4) is 0 Å². The van der Waals surface area contributed by atoms with Crippen LogP contribution >= 0.6 is 11.3 Å². The van der Waals surface area contributed by atoms with Crippen LogP contribution < -0.4 is 14.8 Å². The van der Waals surface area contributed by atoms with Gasteiger partial charge in [0.05, 0.1) is 30.3 Å². The Morgan fingerprint density at radius 1 is 1.03 bits per heavy atom. The van der Waals surface area contributed by atoms with Gasteiger partial charge in [-0.15, -0.1) is 11.3 Å². The average Bonchev–Trinajstić information content (AvgIpc) is 3.28. The van der Waals surface area contributed by atoms with Gasteiger partial charge in [0.2, 0.25) is 0 Å². The minimum Gasteiger partial charge on any atom is -0.493 e. The number of rotatable bonds is 7. The molecule has 0 radical (unpaired) electrons. The van der Waals surface area contributed by atoms with Gasteiger partial charge >= 0.3 is 5.97 Å². The van der Waals surface area contributed by atoms with Gasteiger partial charge in [-0.1, -0.05) is 18.2 Å². The Balaban J connectivity index is 1.86. The minimum atomic E-state index is -0.670. The SMILES string of the molecule is COc1cc(NC(=O)c2cccs2)c(C(=O)OCc2ccc(F)cc2)cc1OC. The molecule has 0 saturated carbocycles. The van der Waals surface area contributed by atoms with Crippen LogP contribution in [-0.2, 0) is 11.3 Å². The summed E-state index contributed by atoms with van der Waals surface area (Å²) in [4.78, 5) is 25.6. The second kappa shape index (κ2) is 9.20. The van der Waals surface area contributed by atoms with Crippen molar-refractivity contribution in [2.75, 3.05) is 19.5 Å². The number of benzene rings is 2. The van der Waals surface area contributed by atoms with Crippen LogP contribution in [0.2, 0.25) is 0 Å². The minimum absolute atomic E-state index is 0.0498. The number of anilines is 1. The molecule has 29 heavy (non-hydrogen) atoms. The highest BCUT2D eigenvalue weighted by atomic mass is 32.1. The van der Waals surface area contributed by atoms with Crippen molar-refractivity contribution in [3.8, 4) is 11.5 Å². The fraction of sp³-hybridized carbons (Fsp3) is 0.143. The van der Waals surface area contributed by atoms with Gasteiger partial charge in [0.1, 0.15) is 12.4 Å². The fourth-order valence-electron chi connectivity index (χ4n) is 2.55. The lowest BCUT2D eigenvalue weighted by atomic mass is 10.1. The topological polar surface area (TPSA) is 73.9 Å². The molecule has 0 unspecified atom stereocenters. The van der Waals surface area contributed by atoms with Crippen molar-refractivity contribution < 1.29 is 28.2 Å². The Morgan fingerprint density at radius 3 is 2.34 bits per heavy atom. The Labute approximate surface area is 170 Å². The molecule has 0 bridgehead atoms. The fourth-order valence-corrected chi connectivity index (χ4v) is 3.17. The molecule has 0 aliphatic heterocycles. The van der Waals surface area contributed by atoms with Crippen molar-refractivity contribution >= 4 is 28.9 Å². The number of hydrogen-bond donors (Lipinski definition) is 1. The van der Waals surface area contributed by atoms with Crippen molar-refractivity contribution in [3.63, 3.8) is 0 Å². The zero-order valence-corrected chi connectivity index (χ0v) is 16.5. The molecule has 3 aromatic rings. The second-order valence-corrected chi connectivity index (χ2v) is 6.83. The predicted octanol–water partition coefficient (Wildman–Crippen LogP) is 4.51. The van der Waals surface area contributed by atoms with Gasteiger partial charge in [-0.25, -0.2) is 9.18 Å². The average molecular weight is 415 g/mol. The van der Waals surface area contributed by atoms with E-state index in [1.165, 1.54) is 62.0 Å². The zero-order chi connectivity index (χ0) is 20.8. The number of halogens is 1. The van der Waals surface area contributed by atoms with E-state index in [0.717, 1.165) is 0 Å². The molecule has 0 aliphatic carbocycles. The third kappa shape index (κ3) is 4.91. The van der Waals surface area contributed by atoms with Crippen molar-refractivity contribution in [2.24, 2.45) is 0 Å². The summed E-state index contributed by atoms with van der Waals surface area (Å²) in [5, 5.41) is 4.49. The van der Waals surface area contributed by atoms with E-state index in [0.29, 0.717) is 21.9 Å². The van der Waals surface area contributed by atoms with Crippen LogP contribution in [0.15, 0.2) is 53.9 Å². The molecule has 0 aliphatic rings. The molecule has 0 spiro atoms. The number of amides is 1.